The highest BCUT2D eigenvalue weighted by Crippen LogP contribution is 2.37. The Morgan fingerprint density at radius 1 is 1.11 bits per heavy atom. The van der Waals surface area contributed by atoms with E-state index >= 15 is 0 Å². The maximum absolute atomic E-state index is 12.3. The molecule has 0 atom stereocenters. The molecular weight excluding hydrogens is 396 g/mol. The van der Waals surface area contributed by atoms with Crippen LogP contribution in [0.25, 0.3) is 0 Å². The SMILES string of the molecule is NC(=O)c1c(NC(=O)CCCS(=O)(=O)Cc2ccccc2)sc2c1CCCC2. The fourth-order valence-corrected chi connectivity index (χ4v) is 6.20. The monoisotopic (exact) mass is 420 g/mol. The highest BCUT2D eigenvalue weighted by Gasteiger charge is 2.25. The Morgan fingerprint density at radius 3 is 2.54 bits per heavy atom. The zero-order chi connectivity index (χ0) is 20.1. The first-order valence-corrected chi connectivity index (χ1v) is 12.0. The number of primary amides is 1. The number of hydrogen-bond donors (Lipinski definition) is 2. The maximum atomic E-state index is 12.3. The molecule has 1 aromatic carbocycles. The third-order valence-corrected chi connectivity index (χ3v) is 7.65. The fraction of sp³-hybridized carbons (Fsp3) is 0.400. The van der Waals surface area contributed by atoms with Gasteiger partial charge in [0.1, 0.15) is 5.00 Å². The van der Waals surface area contributed by atoms with Gasteiger partial charge in [0.25, 0.3) is 5.91 Å². The standard InChI is InChI=1S/C20H24N2O4S2/c21-19(24)18-15-9-4-5-10-16(15)27-20(18)22-17(23)11-6-12-28(25,26)13-14-7-2-1-3-8-14/h1-3,7-8H,4-6,9-13H2,(H2,21,24)(H,22,23). The largest absolute Gasteiger partial charge is 0.365 e. The lowest BCUT2D eigenvalue weighted by molar-refractivity contribution is -0.116. The van der Waals surface area contributed by atoms with Crippen LogP contribution >= 0.6 is 11.3 Å². The summed E-state index contributed by atoms with van der Waals surface area (Å²) in [7, 11) is -3.28. The molecule has 6 nitrogen and oxygen atoms in total. The summed E-state index contributed by atoms with van der Waals surface area (Å²) in [6.07, 6.45) is 4.09. The minimum atomic E-state index is -3.28. The first-order chi connectivity index (χ1) is 13.4. The van der Waals surface area contributed by atoms with Crippen LogP contribution < -0.4 is 11.1 Å². The van der Waals surface area contributed by atoms with Gasteiger partial charge in [-0.05, 0) is 43.2 Å². The molecule has 0 aliphatic heterocycles. The van der Waals surface area contributed by atoms with Crippen molar-refractivity contribution in [1.29, 1.82) is 0 Å². The number of amides is 2. The van der Waals surface area contributed by atoms with Crippen LogP contribution in [0.1, 0.15) is 52.0 Å². The molecule has 1 aliphatic rings. The summed E-state index contributed by atoms with van der Waals surface area (Å²) in [6, 6.07) is 8.98. The summed E-state index contributed by atoms with van der Waals surface area (Å²) in [5.74, 6) is -0.908. The van der Waals surface area contributed by atoms with E-state index in [9.17, 15) is 18.0 Å². The van der Waals surface area contributed by atoms with Gasteiger partial charge in [0.05, 0.1) is 17.1 Å². The molecule has 28 heavy (non-hydrogen) atoms. The van der Waals surface area contributed by atoms with Gasteiger partial charge < -0.3 is 11.1 Å². The number of sulfone groups is 1. The number of anilines is 1. The van der Waals surface area contributed by atoms with E-state index in [2.05, 4.69) is 5.32 Å². The Hall–Kier alpha value is -2.19. The maximum Gasteiger partial charge on any atom is 0.251 e. The summed E-state index contributed by atoms with van der Waals surface area (Å²) in [5, 5.41) is 3.27. The predicted octanol–water partition coefficient (Wildman–Crippen LogP) is 3.06. The van der Waals surface area contributed by atoms with Crippen LogP contribution in [0.3, 0.4) is 0 Å². The average molecular weight is 421 g/mol. The van der Waals surface area contributed by atoms with E-state index in [0.29, 0.717) is 10.6 Å². The van der Waals surface area contributed by atoms with Gasteiger partial charge >= 0.3 is 0 Å². The average Bonchev–Trinajstić information content (AvgIpc) is 2.99. The van der Waals surface area contributed by atoms with E-state index < -0.39 is 15.7 Å². The van der Waals surface area contributed by atoms with Crippen LogP contribution in [0.2, 0.25) is 0 Å². The Bertz CT molecular complexity index is 966. The predicted molar refractivity (Wildman–Crippen MR) is 111 cm³/mol. The van der Waals surface area contributed by atoms with Crippen LogP contribution in [-0.2, 0) is 33.2 Å². The van der Waals surface area contributed by atoms with E-state index in [1.807, 2.05) is 6.07 Å². The smallest absolute Gasteiger partial charge is 0.251 e. The van der Waals surface area contributed by atoms with Gasteiger partial charge in [0.15, 0.2) is 9.84 Å². The number of benzene rings is 1. The first-order valence-electron chi connectivity index (χ1n) is 9.34. The van der Waals surface area contributed by atoms with Crippen molar-refractivity contribution in [2.24, 2.45) is 5.73 Å². The Balaban J connectivity index is 1.56. The Labute approximate surface area is 169 Å². The number of fused-ring (bicyclic) bond motifs is 1. The summed E-state index contributed by atoms with van der Waals surface area (Å²) >= 11 is 1.41. The molecule has 0 radical (unpaired) electrons. The van der Waals surface area contributed by atoms with Gasteiger partial charge in [-0.3, -0.25) is 9.59 Å². The summed E-state index contributed by atoms with van der Waals surface area (Å²) < 4.78 is 24.4. The second kappa shape index (κ2) is 8.87. The van der Waals surface area contributed by atoms with Gasteiger partial charge in [-0.15, -0.1) is 11.3 Å². The number of carbonyl (C=O) groups excluding carboxylic acids is 2. The van der Waals surface area contributed by atoms with Gasteiger partial charge in [-0.1, -0.05) is 30.3 Å². The minimum absolute atomic E-state index is 0.0288. The van der Waals surface area contributed by atoms with Crippen LogP contribution in [-0.4, -0.2) is 26.0 Å². The first kappa shape index (κ1) is 20.5. The molecule has 150 valence electrons. The Morgan fingerprint density at radius 2 is 1.82 bits per heavy atom. The van der Waals surface area contributed by atoms with Crippen LogP contribution in [0, 0.1) is 0 Å². The van der Waals surface area contributed by atoms with E-state index in [-0.39, 0.29) is 30.3 Å². The van der Waals surface area contributed by atoms with Crippen LogP contribution in [0.5, 0.6) is 0 Å². The van der Waals surface area contributed by atoms with E-state index in [1.165, 1.54) is 11.3 Å². The van der Waals surface area contributed by atoms with Crippen LogP contribution in [0.4, 0.5) is 5.00 Å². The molecule has 0 saturated carbocycles. The summed E-state index contributed by atoms with van der Waals surface area (Å²) in [4.78, 5) is 25.3. The van der Waals surface area contributed by atoms with Gasteiger partial charge in [-0.2, -0.15) is 0 Å². The molecule has 3 N–H and O–H groups in total. The number of nitrogens with two attached hydrogens (primary N) is 1. The lowest BCUT2D eigenvalue weighted by Gasteiger charge is -2.11. The molecule has 0 bridgehead atoms. The normalized spacial score (nSPS) is 13.7. The molecule has 2 aromatic rings. The molecule has 1 heterocycles. The van der Waals surface area contributed by atoms with E-state index in [4.69, 9.17) is 5.73 Å². The third kappa shape index (κ3) is 5.20. The summed E-state index contributed by atoms with van der Waals surface area (Å²) in [6.45, 7) is 0. The van der Waals surface area contributed by atoms with Crippen molar-refractivity contribution in [3.05, 3.63) is 51.9 Å². The van der Waals surface area contributed by atoms with E-state index in [1.54, 1.807) is 24.3 Å². The number of thiophene rings is 1. The lowest BCUT2D eigenvalue weighted by Crippen LogP contribution is -2.19. The fourth-order valence-electron chi connectivity index (χ4n) is 3.46. The molecule has 3 rings (SSSR count). The number of rotatable bonds is 8. The van der Waals surface area contributed by atoms with Crippen molar-refractivity contribution in [3.63, 3.8) is 0 Å². The molecule has 0 spiro atoms. The van der Waals surface area contributed by atoms with Gasteiger partial charge in [-0.25, -0.2) is 8.42 Å². The summed E-state index contributed by atoms with van der Waals surface area (Å²) in [5.41, 5.74) is 7.65. The molecule has 1 aliphatic carbocycles. The van der Waals surface area contributed by atoms with Crippen LogP contribution in [0.15, 0.2) is 30.3 Å². The number of aryl methyl sites for hydroxylation is 1. The molecule has 2 amide bonds. The Kier molecular flexibility index (Phi) is 6.51. The molecule has 8 heteroatoms. The highest BCUT2D eigenvalue weighted by molar-refractivity contribution is 7.90. The van der Waals surface area contributed by atoms with Crippen molar-refractivity contribution < 1.29 is 18.0 Å². The lowest BCUT2D eigenvalue weighted by atomic mass is 9.95. The number of carbonyl (C=O) groups is 2. The number of hydrogen-bond acceptors (Lipinski definition) is 5. The minimum Gasteiger partial charge on any atom is -0.365 e. The second-order valence-electron chi connectivity index (χ2n) is 7.01. The van der Waals surface area contributed by atoms with Crippen molar-refractivity contribution in [3.8, 4) is 0 Å². The third-order valence-electron chi connectivity index (χ3n) is 4.76. The molecule has 0 unspecified atom stereocenters. The molecular formula is C20H24N2O4S2. The van der Waals surface area contributed by atoms with Crippen molar-refractivity contribution >= 4 is 38.0 Å². The van der Waals surface area contributed by atoms with Crippen molar-refractivity contribution in [2.75, 3.05) is 11.1 Å². The molecule has 0 saturated heterocycles. The topological polar surface area (TPSA) is 106 Å². The van der Waals surface area contributed by atoms with Gasteiger partial charge in [0.2, 0.25) is 5.91 Å². The zero-order valence-corrected chi connectivity index (χ0v) is 17.2. The highest BCUT2D eigenvalue weighted by atomic mass is 32.2. The van der Waals surface area contributed by atoms with Crippen molar-refractivity contribution in [1.82, 2.24) is 0 Å². The second-order valence-corrected chi connectivity index (χ2v) is 10.3. The van der Waals surface area contributed by atoms with E-state index in [0.717, 1.165) is 41.7 Å². The van der Waals surface area contributed by atoms with Gasteiger partial charge in [0, 0.05) is 11.3 Å². The quantitative estimate of drug-likeness (QED) is 0.684. The molecule has 0 fully saturated rings. The number of nitrogens with one attached hydrogen (secondary N) is 1. The molecule has 1 aromatic heterocycles. The zero-order valence-electron chi connectivity index (χ0n) is 15.6. The van der Waals surface area contributed by atoms with Crippen molar-refractivity contribution in [2.45, 2.75) is 44.3 Å².